The van der Waals surface area contributed by atoms with Crippen molar-refractivity contribution in [2.45, 2.75) is 103 Å². The molecule has 0 nitrogen and oxygen atoms in total. The van der Waals surface area contributed by atoms with Gasteiger partial charge in [0.25, 0.3) is 0 Å². The molecular formula is C27H40. The van der Waals surface area contributed by atoms with E-state index in [0.29, 0.717) is 0 Å². The molecule has 1 unspecified atom stereocenters. The molecule has 0 amide bonds. The summed E-state index contributed by atoms with van der Waals surface area (Å²) in [5.41, 5.74) is 5.42. The first kappa shape index (κ1) is 19.3. The van der Waals surface area contributed by atoms with E-state index in [1.165, 1.54) is 68.9 Å². The van der Waals surface area contributed by atoms with Crippen LogP contribution in [0.4, 0.5) is 0 Å². The third kappa shape index (κ3) is 5.27. The monoisotopic (exact) mass is 364 g/mol. The molecule has 0 N–H and O–H groups in total. The van der Waals surface area contributed by atoms with Gasteiger partial charge < -0.3 is 0 Å². The van der Waals surface area contributed by atoms with Crippen LogP contribution in [0, 0.1) is 24.2 Å². The van der Waals surface area contributed by atoms with Crippen molar-refractivity contribution in [2.75, 3.05) is 0 Å². The van der Waals surface area contributed by atoms with Crippen LogP contribution in [0.2, 0.25) is 0 Å². The van der Waals surface area contributed by atoms with Gasteiger partial charge in [-0.15, -0.1) is 0 Å². The molecule has 148 valence electrons. The topological polar surface area (TPSA) is 0 Å². The summed E-state index contributed by atoms with van der Waals surface area (Å²) in [5, 5.41) is 0. The number of hydrogen-bond acceptors (Lipinski definition) is 0. The average molecular weight is 365 g/mol. The van der Waals surface area contributed by atoms with Gasteiger partial charge in [-0.05, 0) is 93.9 Å². The highest BCUT2D eigenvalue weighted by molar-refractivity contribution is 5.27. The van der Waals surface area contributed by atoms with Crippen LogP contribution in [-0.4, -0.2) is 0 Å². The highest BCUT2D eigenvalue weighted by Gasteiger charge is 2.37. The molecule has 0 heterocycles. The third-order valence-electron chi connectivity index (χ3n) is 8.13. The highest BCUT2D eigenvalue weighted by atomic mass is 14.4. The lowest BCUT2D eigenvalue weighted by Gasteiger charge is -2.37. The fraction of sp³-hybridized carbons (Fsp3) is 0.704. The van der Waals surface area contributed by atoms with Crippen molar-refractivity contribution in [1.82, 2.24) is 0 Å². The second kappa shape index (κ2) is 8.97. The van der Waals surface area contributed by atoms with Crippen molar-refractivity contribution in [3.05, 3.63) is 47.0 Å². The lowest BCUT2D eigenvalue weighted by atomic mass is 9.68. The number of benzene rings is 1. The maximum absolute atomic E-state index is 2.54. The number of allylic oxidation sites excluding steroid dienone is 2. The van der Waals surface area contributed by atoms with Gasteiger partial charge in [0.15, 0.2) is 0 Å². The molecule has 1 spiro atoms. The van der Waals surface area contributed by atoms with Crippen LogP contribution >= 0.6 is 0 Å². The van der Waals surface area contributed by atoms with Gasteiger partial charge in [0.05, 0.1) is 0 Å². The molecule has 1 aromatic rings. The summed E-state index contributed by atoms with van der Waals surface area (Å²) in [6.45, 7) is 2.21. The van der Waals surface area contributed by atoms with Gasteiger partial charge in [0, 0.05) is 0 Å². The molecule has 2 fully saturated rings. The van der Waals surface area contributed by atoms with Crippen LogP contribution in [0.3, 0.4) is 0 Å². The van der Waals surface area contributed by atoms with Crippen LogP contribution in [-0.2, 0) is 6.42 Å². The first-order valence-electron chi connectivity index (χ1n) is 11.9. The molecule has 2 saturated carbocycles. The largest absolute Gasteiger partial charge is 0.0850 e. The summed E-state index contributed by atoms with van der Waals surface area (Å²) < 4.78 is 0. The van der Waals surface area contributed by atoms with Crippen LogP contribution < -0.4 is 0 Å². The Labute approximate surface area is 167 Å². The molecule has 3 aliphatic rings. The van der Waals surface area contributed by atoms with Gasteiger partial charge in [-0.25, -0.2) is 0 Å². The minimum absolute atomic E-state index is 0.815. The third-order valence-corrected chi connectivity index (χ3v) is 8.13. The Balaban J connectivity index is 1.17. The van der Waals surface area contributed by atoms with Gasteiger partial charge in [-0.2, -0.15) is 0 Å². The second-order valence-corrected chi connectivity index (χ2v) is 10.3. The maximum atomic E-state index is 2.54. The van der Waals surface area contributed by atoms with Gasteiger partial charge in [-0.1, -0.05) is 73.6 Å². The predicted octanol–water partition coefficient (Wildman–Crippen LogP) is 8.18. The maximum Gasteiger partial charge on any atom is -0.00669 e. The van der Waals surface area contributed by atoms with E-state index in [1.807, 2.05) is 0 Å². The van der Waals surface area contributed by atoms with E-state index in [1.54, 1.807) is 44.1 Å². The summed E-state index contributed by atoms with van der Waals surface area (Å²) in [4.78, 5) is 0. The van der Waals surface area contributed by atoms with Crippen molar-refractivity contribution in [1.29, 1.82) is 0 Å². The smallest absolute Gasteiger partial charge is 0.00669 e. The van der Waals surface area contributed by atoms with Gasteiger partial charge >= 0.3 is 0 Å². The zero-order chi connectivity index (χ0) is 18.5. The van der Waals surface area contributed by atoms with Crippen molar-refractivity contribution in [3.8, 4) is 0 Å². The first-order valence-corrected chi connectivity index (χ1v) is 11.9. The molecule has 0 aliphatic heterocycles. The molecule has 3 aliphatic carbocycles. The van der Waals surface area contributed by atoms with Crippen LogP contribution in [0.15, 0.2) is 35.9 Å². The Hall–Kier alpha value is -1.04. The second-order valence-electron chi connectivity index (χ2n) is 10.3. The molecule has 0 heteroatoms. The molecule has 4 rings (SSSR count). The highest BCUT2D eigenvalue weighted by Crippen LogP contribution is 2.51. The summed E-state index contributed by atoms with van der Waals surface area (Å²) >= 11 is 0. The van der Waals surface area contributed by atoms with E-state index < -0.39 is 0 Å². The van der Waals surface area contributed by atoms with Gasteiger partial charge in [-0.3, -0.25) is 0 Å². The lowest BCUT2D eigenvalue weighted by molar-refractivity contribution is 0.148. The Bertz CT molecular complexity index is 621. The zero-order valence-electron chi connectivity index (χ0n) is 17.6. The van der Waals surface area contributed by atoms with Crippen LogP contribution in [0.25, 0.3) is 0 Å². The van der Waals surface area contributed by atoms with E-state index in [0.717, 1.165) is 17.3 Å². The molecule has 1 atom stereocenters. The summed E-state index contributed by atoms with van der Waals surface area (Å²) in [6.07, 6.45) is 24.7. The Morgan fingerprint density at radius 1 is 0.926 bits per heavy atom. The van der Waals surface area contributed by atoms with E-state index in [4.69, 9.17) is 0 Å². The fourth-order valence-electron chi connectivity index (χ4n) is 6.45. The quantitative estimate of drug-likeness (QED) is 0.446. The lowest BCUT2D eigenvalue weighted by Crippen LogP contribution is -2.24. The van der Waals surface area contributed by atoms with Crippen LogP contribution in [0.1, 0.15) is 101 Å². The zero-order valence-corrected chi connectivity index (χ0v) is 17.6. The van der Waals surface area contributed by atoms with Gasteiger partial charge in [0.2, 0.25) is 0 Å². The average Bonchev–Trinajstić information content (AvgIpc) is 3.12. The Kier molecular flexibility index (Phi) is 6.41. The minimum Gasteiger partial charge on any atom is -0.0850 e. The normalized spacial score (nSPS) is 25.7. The Morgan fingerprint density at radius 2 is 1.70 bits per heavy atom. The van der Waals surface area contributed by atoms with Crippen molar-refractivity contribution in [3.63, 3.8) is 0 Å². The Morgan fingerprint density at radius 3 is 2.48 bits per heavy atom. The SMILES string of the molecule is Cc1cccc(CC2=CCCC(CCCC3CCC4(CCCC4)CC3)C2)c1. The van der Waals surface area contributed by atoms with Crippen molar-refractivity contribution >= 4 is 0 Å². The van der Waals surface area contributed by atoms with Crippen molar-refractivity contribution < 1.29 is 0 Å². The molecule has 0 saturated heterocycles. The number of hydrogen-bond donors (Lipinski definition) is 0. The summed E-state index contributed by atoms with van der Waals surface area (Å²) in [7, 11) is 0. The first-order chi connectivity index (χ1) is 13.2. The molecule has 0 radical (unpaired) electrons. The van der Waals surface area contributed by atoms with Crippen molar-refractivity contribution in [2.24, 2.45) is 17.3 Å². The molecule has 27 heavy (non-hydrogen) atoms. The molecular weight excluding hydrogens is 324 g/mol. The van der Waals surface area contributed by atoms with Gasteiger partial charge in [0.1, 0.15) is 0 Å². The molecule has 1 aromatic carbocycles. The standard InChI is InChI=1S/C27H40/c1-22-7-4-11-25(19-22)21-26-12-6-10-24(20-26)9-5-8-23-13-17-27(18-14-23)15-2-3-16-27/h4,7,11-12,19,23-24H,2-3,5-6,8-10,13-18,20-21H2,1H3. The minimum atomic E-state index is 0.815. The van der Waals surface area contributed by atoms with E-state index in [2.05, 4.69) is 37.3 Å². The molecule has 0 bridgehead atoms. The van der Waals surface area contributed by atoms with E-state index >= 15 is 0 Å². The number of aryl methyl sites for hydroxylation is 1. The molecule has 0 aromatic heterocycles. The van der Waals surface area contributed by atoms with E-state index in [-0.39, 0.29) is 0 Å². The summed E-state index contributed by atoms with van der Waals surface area (Å²) in [6, 6.07) is 9.09. The fourth-order valence-corrected chi connectivity index (χ4v) is 6.45. The summed E-state index contributed by atoms with van der Waals surface area (Å²) in [5.74, 6) is 2.02. The van der Waals surface area contributed by atoms with E-state index in [9.17, 15) is 0 Å². The van der Waals surface area contributed by atoms with Crippen LogP contribution in [0.5, 0.6) is 0 Å². The number of rotatable bonds is 6. The predicted molar refractivity (Wildman–Crippen MR) is 117 cm³/mol.